The molecule has 0 saturated heterocycles. The number of esters is 1. The van der Waals surface area contributed by atoms with Gasteiger partial charge in [-0.3, -0.25) is 4.40 Å². The van der Waals surface area contributed by atoms with Gasteiger partial charge in [0.25, 0.3) is 0 Å². The van der Waals surface area contributed by atoms with Crippen LogP contribution in [0.25, 0.3) is 16.3 Å². The van der Waals surface area contributed by atoms with Crippen molar-refractivity contribution in [3.8, 4) is 10.7 Å². The van der Waals surface area contributed by atoms with Gasteiger partial charge in [-0.2, -0.15) is 0 Å². The fourth-order valence-corrected chi connectivity index (χ4v) is 2.58. The fraction of sp³-hybridized carbons (Fsp3) is 0.167. The number of hydrogen-bond acceptors (Lipinski definition) is 6. The van der Waals surface area contributed by atoms with Gasteiger partial charge in [-0.05, 0) is 19.1 Å². The van der Waals surface area contributed by atoms with E-state index in [-0.39, 0.29) is 5.97 Å². The summed E-state index contributed by atoms with van der Waals surface area (Å²) >= 11 is 1.49. The lowest BCUT2D eigenvalue weighted by Gasteiger charge is -2.01. The molecule has 0 radical (unpaired) electrons. The van der Waals surface area contributed by atoms with Crippen molar-refractivity contribution >= 4 is 23.0 Å². The van der Waals surface area contributed by atoms with Crippen LogP contribution in [0.15, 0.2) is 23.8 Å². The molecule has 3 aromatic rings. The highest BCUT2D eigenvalue weighted by molar-refractivity contribution is 7.13. The van der Waals surface area contributed by atoms with Crippen molar-refractivity contribution in [1.29, 1.82) is 0 Å². The van der Waals surface area contributed by atoms with Gasteiger partial charge in [0, 0.05) is 6.20 Å². The average molecular weight is 274 g/mol. The standard InChI is InChI=1S/C12H10N4O2S/c1-7-10(19-6-13-7)11-15-14-9-4-3-8(5-16(9)11)12(17)18-2/h3-6H,1-2H3. The Bertz CT molecular complexity index is 762. The van der Waals surface area contributed by atoms with E-state index in [0.29, 0.717) is 17.0 Å². The van der Waals surface area contributed by atoms with E-state index >= 15 is 0 Å². The van der Waals surface area contributed by atoms with Crippen LogP contribution in [0.5, 0.6) is 0 Å². The SMILES string of the molecule is COC(=O)c1ccc2nnc(-c3scnc3C)n2c1. The molecule has 96 valence electrons. The quantitative estimate of drug-likeness (QED) is 0.668. The third-order valence-corrected chi connectivity index (χ3v) is 3.70. The maximum absolute atomic E-state index is 11.6. The normalized spacial score (nSPS) is 10.8. The minimum absolute atomic E-state index is 0.387. The number of nitrogens with zero attached hydrogens (tertiary/aromatic N) is 4. The molecule has 0 N–H and O–H groups in total. The van der Waals surface area contributed by atoms with Gasteiger partial charge in [0.1, 0.15) is 0 Å². The number of rotatable bonds is 2. The molecular formula is C12H10N4O2S. The first kappa shape index (κ1) is 11.8. The predicted octanol–water partition coefficient (Wildman–Crippen LogP) is 1.95. The summed E-state index contributed by atoms with van der Waals surface area (Å²) in [6.45, 7) is 1.91. The van der Waals surface area contributed by atoms with Crippen LogP contribution in [-0.4, -0.2) is 32.7 Å². The zero-order valence-corrected chi connectivity index (χ0v) is 11.1. The molecule has 0 atom stereocenters. The second-order valence-corrected chi connectivity index (χ2v) is 4.78. The molecule has 0 bridgehead atoms. The Hall–Kier alpha value is -2.28. The van der Waals surface area contributed by atoms with Crippen LogP contribution >= 0.6 is 11.3 Å². The van der Waals surface area contributed by atoms with E-state index in [2.05, 4.69) is 15.2 Å². The number of thiazole rings is 1. The van der Waals surface area contributed by atoms with Crippen LogP contribution in [-0.2, 0) is 4.74 Å². The van der Waals surface area contributed by atoms with E-state index in [0.717, 1.165) is 10.6 Å². The molecule has 0 spiro atoms. The summed E-state index contributed by atoms with van der Waals surface area (Å²) in [5.41, 5.74) is 3.78. The Labute approximate surface area is 112 Å². The summed E-state index contributed by atoms with van der Waals surface area (Å²) in [5.74, 6) is 0.295. The summed E-state index contributed by atoms with van der Waals surface area (Å²) in [4.78, 5) is 16.7. The molecule has 0 aromatic carbocycles. The number of pyridine rings is 1. The summed E-state index contributed by atoms with van der Waals surface area (Å²) in [5, 5.41) is 8.24. The number of hydrogen-bond donors (Lipinski definition) is 0. The summed E-state index contributed by atoms with van der Waals surface area (Å²) < 4.78 is 6.48. The Morgan fingerprint density at radius 2 is 2.21 bits per heavy atom. The van der Waals surface area contributed by atoms with Crippen molar-refractivity contribution in [1.82, 2.24) is 19.6 Å². The predicted molar refractivity (Wildman–Crippen MR) is 70.2 cm³/mol. The summed E-state index contributed by atoms with van der Waals surface area (Å²) in [6, 6.07) is 3.40. The van der Waals surface area contributed by atoms with Gasteiger partial charge < -0.3 is 4.74 Å². The third-order valence-electron chi connectivity index (χ3n) is 2.77. The lowest BCUT2D eigenvalue weighted by Crippen LogP contribution is -2.03. The third kappa shape index (κ3) is 1.88. The summed E-state index contributed by atoms with van der Waals surface area (Å²) in [6.07, 6.45) is 1.68. The molecule has 0 aliphatic rings. The molecule has 0 aliphatic carbocycles. The van der Waals surface area contributed by atoms with Crippen LogP contribution in [0.3, 0.4) is 0 Å². The van der Waals surface area contributed by atoms with Crippen molar-refractivity contribution in [3.63, 3.8) is 0 Å². The molecule has 3 aromatic heterocycles. The first-order chi connectivity index (χ1) is 9.20. The van der Waals surface area contributed by atoms with Gasteiger partial charge in [0.05, 0.1) is 28.8 Å². The smallest absolute Gasteiger partial charge is 0.339 e. The van der Waals surface area contributed by atoms with Crippen LogP contribution in [0.1, 0.15) is 16.1 Å². The van der Waals surface area contributed by atoms with E-state index in [1.165, 1.54) is 18.4 Å². The highest BCUT2D eigenvalue weighted by Gasteiger charge is 2.14. The number of aromatic nitrogens is 4. The van der Waals surface area contributed by atoms with Gasteiger partial charge in [-0.1, -0.05) is 0 Å². The number of fused-ring (bicyclic) bond motifs is 1. The molecule has 0 aliphatic heterocycles. The molecule has 6 nitrogen and oxygen atoms in total. The van der Waals surface area contributed by atoms with Crippen molar-refractivity contribution in [3.05, 3.63) is 35.1 Å². The van der Waals surface area contributed by atoms with E-state index in [9.17, 15) is 4.79 Å². The van der Waals surface area contributed by atoms with Gasteiger partial charge in [-0.15, -0.1) is 21.5 Å². The zero-order chi connectivity index (χ0) is 13.4. The first-order valence-electron chi connectivity index (χ1n) is 5.54. The molecule has 3 rings (SSSR count). The number of methoxy groups -OCH3 is 1. The molecule has 0 unspecified atom stereocenters. The Morgan fingerprint density at radius 1 is 1.37 bits per heavy atom. The second-order valence-electron chi connectivity index (χ2n) is 3.93. The minimum atomic E-state index is -0.387. The van der Waals surface area contributed by atoms with Gasteiger partial charge in [0.15, 0.2) is 11.5 Å². The van der Waals surface area contributed by atoms with Gasteiger partial charge >= 0.3 is 5.97 Å². The maximum Gasteiger partial charge on any atom is 0.339 e. The minimum Gasteiger partial charge on any atom is -0.465 e. The van der Waals surface area contributed by atoms with Crippen LogP contribution < -0.4 is 0 Å². The van der Waals surface area contributed by atoms with E-state index < -0.39 is 0 Å². The highest BCUT2D eigenvalue weighted by atomic mass is 32.1. The number of carbonyl (C=O) groups excluding carboxylic acids is 1. The zero-order valence-electron chi connectivity index (χ0n) is 10.3. The number of aryl methyl sites for hydroxylation is 1. The van der Waals surface area contributed by atoms with Crippen molar-refractivity contribution in [2.24, 2.45) is 0 Å². The lowest BCUT2D eigenvalue weighted by atomic mass is 10.3. The number of ether oxygens (including phenoxy) is 1. The monoisotopic (exact) mass is 274 g/mol. The average Bonchev–Trinajstić information content (AvgIpc) is 3.02. The van der Waals surface area contributed by atoms with E-state index in [4.69, 9.17) is 4.74 Å². The highest BCUT2D eigenvalue weighted by Crippen LogP contribution is 2.26. The van der Waals surface area contributed by atoms with Gasteiger partial charge in [-0.25, -0.2) is 9.78 Å². The Morgan fingerprint density at radius 3 is 2.89 bits per heavy atom. The molecule has 0 saturated carbocycles. The Balaban J connectivity index is 2.21. The lowest BCUT2D eigenvalue weighted by molar-refractivity contribution is 0.0600. The van der Waals surface area contributed by atoms with Crippen LogP contribution in [0.2, 0.25) is 0 Å². The van der Waals surface area contributed by atoms with E-state index in [1.807, 2.05) is 6.92 Å². The van der Waals surface area contributed by atoms with Crippen LogP contribution in [0, 0.1) is 6.92 Å². The Kier molecular flexibility index (Phi) is 2.75. The van der Waals surface area contributed by atoms with Crippen molar-refractivity contribution in [2.75, 3.05) is 7.11 Å². The molecule has 0 fully saturated rings. The second kappa shape index (κ2) is 4.43. The first-order valence-corrected chi connectivity index (χ1v) is 6.42. The van der Waals surface area contributed by atoms with E-state index in [1.54, 1.807) is 28.2 Å². The topological polar surface area (TPSA) is 69.4 Å². The molecule has 0 amide bonds. The molecular weight excluding hydrogens is 264 g/mol. The van der Waals surface area contributed by atoms with Crippen molar-refractivity contribution < 1.29 is 9.53 Å². The largest absolute Gasteiger partial charge is 0.465 e. The summed E-state index contributed by atoms with van der Waals surface area (Å²) in [7, 11) is 1.35. The molecule has 3 heterocycles. The molecule has 19 heavy (non-hydrogen) atoms. The van der Waals surface area contributed by atoms with Crippen LogP contribution in [0.4, 0.5) is 0 Å². The van der Waals surface area contributed by atoms with Crippen molar-refractivity contribution in [2.45, 2.75) is 6.92 Å². The van der Waals surface area contributed by atoms with Gasteiger partial charge in [0.2, 0.25) is 0 Å². The number of carbonyl (C=O) groups is 1. The molecule has 7 heteroatoms. The maximum atomic E-state index is 11.6. The fourth-order valence-electron chi connectivity index (χ4n) is 1.80.